The van der Waals surface area contributed by atoms with E-state index in [0.29, 0.717) is 22.2 Å². The number of hydrogen-bond acceptors (Lipinski definition) is 4. The van der Waals surface area contributed by atoms with Gasteiger partial charge >= 0.3 is 0 Å². The first-order valence-electron chi connectivity index (χ1n) is 8.66. The van der Waals surface area contributed by atoms with E-state index >= 15 is 0 Å². The van der Waals surface area contributed by atoms with Gasteiger partial charge in [-0.15, -0.1) is 0 Å². The lowest BCUT2D eigenvalue weighted by atomic mass is 10.1. The van der Waals surface area contributed by atoms with Crippen molar-refractivity contribution in [2.24, 2.45) is 5.10 Å². The lowest BCUT2D eigenvalue weighted by Gasteiger charge is -2.01. The summed E-state index contributed by atoms with van der Waals surface area (Å²) in [6.07, 6.45) is 3.72. The Morgan fingerprint density at radius 2 is 1.89 bits per heavy atom. The number of nitrogens with one attached hydrogen (secondary N) is 1. The Kier molecular flexibility index (Phi) is 5.18. The fourth-order valence-corrected chi connectivity index (χ4v) is 3.19. The second-order valence-electron chi connectivity index (χ2n) is 6.26. The maximum atomic E-state index is 6.04. The number of nitrogens with zero attached hydrogens (tertiary/aromatic N) is 5. The van der Waals surface area contributed by atoms with Crippen molar-refractivity contribution in [3.05, 3.63) is 87.5 Å². The Balaban J connectivity index is 1.74. The van der Waals surface area contributed by atoms with E-state index in [-0.39, 0.29) is 0 Å². The fraction of sp³-hybridized carbons (Fsp3) is 0.100. The molecule has 2 aromatic heterocycles. The number of rotatable bonds is 5. The first-order chi connectivity index (χ1) is 13.6. The van der Waals surface area contributed by atoms with Crippen LogP contribution >= 0.6 is 23.8 Å². The number of aryl methyl sites for hydroxylation is 1. The van der Waals surface area contributed by atoms with Crippen molar-refractivity contribution in [1.29, 1.82) is 0 Å². The van der Waals surface area contributed by atoms with Crippen molar-refractivity contribution in [2.45, 2.75) is 13.5 Å². The van der Waals surface area contributed by atoms with E-state index in [2.05, 4.69) is 27.4 Å². The van der Waals surface area contributed by atoms with Gasteiger partial charge in [0, 0.05) is 22.3 Å². The molecule has 0 radical (unpaired) electrons. The highest BCUT2D eigenvalue weighted by Crippen LogP contribution is 2.23. The van der Waals surface area contributed by atoms with Crippen molar-refractivity contribution in [1.82, 2.24) is 24.7 Å². The van der Waals surface area contributed by atoms with Crippen molar-refractivity contribution in [3.8, 4) is 11.3 Å². The Hall–Kier alpha value is -3.03. The number of halogens is 1. The van der Waals surface area contributed by atoms with Gasteiger partial charge in [-0.3, -0.25) is 9.78 Å². The molecule has 2 heterocycles. The minimum absolute atomic E-state index is 0.443. The average molecular weight is 409 g/mol. The van der Waals surface area contributed by atoms with Gasteiger partial charge in [-0.25, -0.2) is 0 Å². The van der Waals surface area contributed by atoms with Gasteiger partial charge in [-0.2, -0.15) is 20.0 Å². The zero-order valence-corrected chi connectivity index (χ0v) is 16.7. The van der Waals surface area contributed by atoms with Crippen molar-refractivity contribution >= 4 is 30.0 Å². The molecule has 0 aliphatic carbocycles. The summed E-state index contributed by atoms with van der Waals surface area (Å²) < 4.78 is 3.93. The fourth-order valence-electron chi connectivity index (χ4n) is 2.84. The molecule has 4 rings (SSSR count). The Morgan fingerprint density at radius 1 is 1.14 bits per heavy atom. The lowest BCUT2D eigenvalue weighted by Crippen LogP contribution is -2.00. The van der Waals surface area contributed by atoms with Crippen molar-refractivity contribution in [3.63, 3.8) is 0 Å². The van der Waals surface area contributed by atoms with Crippen LogP contribution in [-0.2, 0) is 6.54 Å². The molecule has 0 aliphatic heterocycles. The summed E-state index contributed by atoms with van der Waals surface area (Å²) in [4.78, 5) is 0. The quantitative estimate of drug-likeness (QED) is 0.384. The second kappa shape index (κ2) is 7.92. The molecular formula is C20H17ClN6S. The summed E-state index contributed by atoms with van der Waals surface area (Å²) in [5, 5.41) is 16.7. The van der Waals surface area contributed by atoms with Gasteiger partial charge in [0.25, 0.3) is 0 Å². The van der Waals surface area contributed by atoms with Crippen LogP contribution in [0.5, 0.6) is 0 Å². The predicted octanol–water partition coefficient (Wildman–Crippen LogP) is 4.70. The summed E-state index contributed by atoms with van der Waals surface area (Å²) in [6.45, 7) is 2.50. The smallest absolute Gasteiger partial charge is 0.216 e. The van der Waals surface area contributed by atoms with Crippen LogP contribution in [0.1, 0.15) is 17.0 Å². The lowest BCUT2D eigenvalue weighted by molar-refractivity contribution is 0.689. The van der Waals surface area contributed by atoms with Crippen LogP contribution in [0.25, 0.3) is 11.3 Å². The maximum absolute atomic E-state index is 6.04. The minimum atomic E-state index is 0.443. The molecule has 6 nitrogen and oxygen atoms in total. The number of benzene rings is 2. The normalized spacial score (nSPS) is 11.4. The molecule has 0 bridgehead atoms. The van der Waals surface area contributed by atoms with E-state index in [1.807, 2.05) is 60.3 Å². The van der Waals surface area contributed by atoms with E-state index in [9.17, 15) is 0 Å². The van der Waals surface area contributed by atoms with E-state index in [0.717, 1.165) is 16.8 Å². The van der Waals surface area contributed by atoms with E-state index in [4.69, 9.17) is 28.9 Å². The molecule has 0 saturated heterocycles. The molecular weight excluding hydrogens is 392 g/mol. The summed E-state index contributed by atoms with van der Waals surface area (Å²) in [7, 11) is 0. The summed E-state index contributed by atoms with van der Waals surface area (Å²) in [5.41, 5.74) is 3.83. The Bertz CT molecular complexity index is 1170. The predicted molar refractivity (Wildman–Crippen MR) is 113 cm³/mol. The van der Waals surface area contributed by atoms with Crippen LogP contribution in [-0.4, -0.2) is 30.9 Å². The van der Waals surface area contributed by atoms with Crippen LogP contribution in [0.4, 0.5) is 0 Å². The molecule has 28 heavy (non-hydrogen) atoms. The standard InChI is InChI=1S/C20H17ClN6S/c1-14-23-24-20(28)27(14)22-11-17-13-26(12-15-5-3-2-4-6-15)25-19(17)16-7-9-18(21)10-8-16/h2-11,13H,12H2,1H3,(H,24,28)/b22-11-. The van der Waals surface area contributed by atoms with Gasteiger partial charge in [0.05, 0.1) is 12.8 Å². The molecule has 4 aromatic rings. The van der Waals surface area contributed by atoms with Gasteiger partial charge in [-0.05, 0) is 36.8 Å². The average Bonchev–Trinajstić information content (AvgIpc) is 3.24. The third-order valence-corrected chi connectivity index (χ3v) is 4.74. The topological polar surface area (TPSA) is 63.8 Å². The van der Waals surface area contributed by atoms with E-state index < -0.39 is 0 Å². The second-order valence-corrected chi connectivity index (χ2v) is 7.08. The zero-order chi connectivity index (χ0) is 19.5. The molecule has 0 fully saturated rings. The monoisotopic (exact) mass is 408 g/mol. The van der Waals surface area contributed by atoms with Gasteiger partial charge < -0.3 is 0 Å². The van der Waals surface area contributed by atoms with Gasteiger partial charge in [0.2, 0.25) is 4.77 Å². The number of aromatic nitrogens is 5. The van der Waals surface area contributed by atoms with Gasteiger partial charge in [0.15, 0.2) is 0 Å². The summed E-state index contributed by atoms with van der Waals surface area (Å²) >= 11 is 11.3. The SMILES string of the molecule is Cc1n[nH]c(=S)n1/N=C\c1cn(Cc2ccccc2)nc1-c1ccc(Cl)cc1. The Labute approximate surface area is 172 Å². The van der Waals surface area contributed by atoms with Crippen molar-refractivity contribution in [2.75, 3.05) is 0 Å². The number of aromatic amines is 1. The molecule has 140 valence electrons. The number of hydrogen-bond donors (Lipinski definition) is 1. The van der Waals surface area contributed by atoms with Crippen molar-refractivity contribution < 1.29 is 0 Å². The number of H-pyrrole nitrogens is 1. The molecule has 1 N–H and O–H groups in total. The van der Waals surface area contributed by atoms with Crippen LogP contribution < -0.4 is 0 Å². The maximum Gasteiger partial charge on any atom is 0.216 e. The minimum Gasteiger partial charge on any atom is -0.267 e. The van der Waals surface area contributed by atoms with Crippen LogP contribution in [0.3, 0.4) is 0 Å². The third-order valence-electron chi connectivity index (χ3n) is 4.22. The van der Waals surface area contributed by atoms with E-state index in [1.54, 1.807) is 10.9 Å². The van der Waals surface area contributed by atoms with Gasteiger partial charge in [-0.1, -0.05) is 54.1 Å². The molecule has 0 atom stereocenters. The third kappa shape index (κ3) is 3.95. The first kappa shape index (κ1) is 18.3. The largest absolute Gasteiger partial charge is 0.267 e. The highest BCUT2D eigenvalue weighted by molar-refractivity contribution is 7.71. The zero-order valence-electron chi connectivity index (χ0n) is 15.1. The van der Waals surface area contributed by atoms with Gasteiger partial charge in [0.1, 0.15) is 11.5 Å². The Morgan fingerprint density at radius 3 is 2.57 bits per heavy atom. The van der Waals surface area contributed by atoms with E-state index in [1.165, 1.54) is 5.56 Å². The van der Waals surface area contributed by atoms with Crippen LogP contribution in [0, 0.1) is 11.7 Å². The molecule has 0 spiro atoms. The molecule has 0 amide bonds. The van der Waals surface area contributed by atoms with Crippen LogP contribution in [0.15, 0.2) is 65.9 Å². The molecule has 0 aliphatic rings. The summed E-state index contributed by atoms with van der Waals surface area (Å²) in [5.74, 6) is 0.686. The first-order valence-corrected chi connectivity index (χ1v) is 9.44. The molecule has 0 saturated carbocycles. The molecule has 8 heteroatoms. The molecule has 2 aromatic carbocycles. The summed E-state index contributed by atoms with van der Waals surface area (Å²) in [6, 6.07) is 17.8. The highest BCUT2D eigenvalue weighted by Gasteiger charge is 2.11. The highest BCUT2D eigenvalue weighted by atomic mass is 35.5. The molecule has 0 unspecified atom stereocenters. The van der Waals surface area contributed by atoms with Crippen LogP contribution in [0.2, 0.25) is 5.02 Å².